The molecule has 1 aliphatic rings. The number of piperidine rings is 1. The van der Waals surface area contributed by atoms with Gasteiger partial charge in [-0.25, -0.2) is 0 Å². The van der Waals surface area contributed by atoms with Gasteiger partial charge in [-0.2, -0.15) is 0 Å². The van der Waals surface area contributed by atoms with E-state index in [9.17, 15) is 14.4 Å². The minimum atomic E-state index is -0.816. The molecule has 1 heterocycles. The molecule has 0 radical (unpaired) electrons. The number of hydrogen-bond donors (Lipinski definition) is 0. The maximum absolute atomic E-state index is 13.0. The summed E-state index contributed by atoms with van der Waals surface area (Å²) in [5, 5.41) is 0. The van der Waals surface area contributed by atoms with Gasteiger partial charge in [-0.05, 0) is 32.3 Å². The van der Waals surface area contributed by atoms with Gasteiger partial charge < -0.3 is 14.5 Å². The second-order valence-electron chi connectivity index (χ2n) is 7.13. The zero-order chi connectivity index (χ0) is 19.3. The lowest BCUT2D eigenvalue weighted by Crippen LogP contribution is -2.50. The number of likely N-dealkylation sites (N-methyl/N-ethyl adjacent to an activating group) is 1. The summed E-state index contributed by atoms with van der Waals surface area (Å²) in [5.41, 5.74) is 0.0574. The standard InChI is InChI=1S/C20H28N2O4/c1-15(2)21(4)18(24)14-26-19(25)20(17-8-6-5-7-9-17)10-12-22(13-11-20)16(3)23/h5-9,15H,10-14H2,1-4H3. The Labute approximate surface area is 155 Å². The van der Waals surface area contributed by atoms with Crippen molar-refractivity contribution in [3.05, 3.63) is 35.9 Å². The van der Waals surface area contributed by atoms with Crippen molar-refractivity contribution >= 4 is 17.8 Å². The Bertz CT molecular complexity index is 649. The molecule has 1 saturated heterocycles. The summed E-state index contributed by atoms with van der Waals surface area (Å²) < 4.78 is 5.43. The summed E-state index contributed by atoms with van der Waals surface area (Å²) in [6, 6.07) is 9.54. The van der Waals surface area contributed by atoms with Crippen molar-refractivity contribution in [2.75, 3.05) is 26.7 Å². The first-order chi connectivity index (χ1) is 12.3. The van der Waals surface area contributed by atoms with E-state index in [1.54, 1.807) is 16.8 Å². The number of nitrogens with zero attached hydrogens (tertiary/aromatic N) is 2. The van der Waals surface area contributed by atoms with Gasteiger partial charge in [-0.3, -0.25) is 14.4 Å². The molecule has 0 bridgehead atoms. The number of carbonyl (C=O) groups excluding carboxylic acids is 3. The molecule has 1 fully saturated rings. The van der Waals surface area contributed by atoms with E-state index in [0.717, 1.165) is 5.56 Å². The maximum Gasteiger partial charge on any atom is 0.317 e. The molecular formula is C20H28N2O4. The van der Waals surface area contributed by atoms with E-state index in [4.69, 9.17) is 4.74 Å². The highest BCUT2D eigenvalue weighted by molar-refractivity contribution is 5.87. The predicted molar refractivity (Wildman–Crippen MR) is 98.5 cm³/mol. The third-order valence-corrected chi connectivity index (χ3v) is 5.27. The number of benzene rings is 1. The number of esters is 1. The summed E-state index contributed by atoms with van der Waals surface area (Å²) in [5.74, 6) is -0.607. The lowest BCUT2D eigenvalue weighted by atomic mass is 9.72. The Kier molecular flexibility index (Phi) is 6.40. The molecule has 1 aromatic rings. The van der Waals surface area contributed by atoms with Crippen LogP contribution in [0.3, 0.4) is 0 Å². The number of amides is 2. The number of likely N-dealkylation sites (tertiary alicyclic amines) is 1. The van der Waals surface area contributed by atoms with Crippen LogP contribution in [0.1, 0.15) is 39.2 Å². The minimum Gasteiger partial charge on any atom is -0.455 e. The van der Waals surface area contributed by atoms with Crippen molar-refractivity contribution in [1.29, 1.82) is 0 Å². The SMILES string of the molecule is CC(=O)N1CCC(C(=O)OCC(=O)N(C)C(C)C)(c2ccccc2)CC1. The van der Waals surface area contributed by atoms with Crippen LogP contribution < -0.4 is 0 Å². The smallest absolute Gasteiger partial charge is 0.317 e. The van der Waals surface area contributed by atoms with E-state index in [0.29, 0.717) is 25.9 Å². The molecule has 2 rings (SSSR count). The first kappa shape index (κ1) is 19.9. The molecule has 0 N–H and O–H groups in total. The van der Waals surface area contributed by atoms with Gasteiger partial charge >= 0.3 is 5.97 Å². The van der Waals surface area contributed by atoms with Crippen LogP contribution in [0.2, 0.25) is 0 Å². The van der Waals surface area contributed by atoms with Gasteiger partial charge in [0.15, 0.2) is 6.61 Å². The summed E-state index contributed by atoms with van der Waals surface area (Å²) in [6.07, 6.45) is 0.979. The minimum absolute atomic E-state index is 0.00812. The highest BCUT2D eigenvalue weighted by Gasteiger charge is 2.45. The molecule has 1 aliphatic heterocycles. The molecule has 1 aromatic carbocycles. The topological polar surface area (TPSA) is 66.9 Å². The van der Waals surface area contributed by atoms with Crippen LogP contribution in [0.25, 0.3) is 0 Å². The highest BCUT2D eigenvalue weighted by Crippen LogP contribution is 2.37. The predicted octanol–water partition coefficient (Wildman–Crippen LogP) is 1.98. The first-order valence-electron chi connectivity index (χ1n) is 9.02. The van der Waals surface area contributed by atoms with Crippen LogP contribution in [0.15, 0.2) is 30.3 Å². The molecular weight excluding hydrogens is 332 g/mol. The van der Waals surface area contributed by atoms with Gasteiger partial charge in [0.1, 0.15) is 0 Å². The second-order valence-corrected chi connectivity index (χ2v) is 7.13. The van der Waals surface area contributed by atoms with Crippen LogP contribution in [0, 0.1) is 0 Å². The molecule has 0 aromatic heterocycles. The molecule has 0 saturated carbocycles. The molecule has 0 unspecified atom stereocenters. The van der Waals surface area contributed by atoms with Crippen LogP contribution in [0.4, 0.5) is 0 Å². The Hall–Kier alpha value is -2.37. The Morgan fingerprint density at radius 2 is 1.73 bits per heavy atom. The third-order valence-electron chi connectivity index (χ3n) is 5.27. The van der Waals surface area contributed by atoms with E-state index in [2.05, 4.69) is 0 Å². The monoisotopic (exact) mass is 360 g/mol. The number of rotatable bonds is 5. The fourth-order valence-electron chi connectivity index (χ4n) is 3.23. The van der Waals surface area contributed by atoms with Crippen molar-refractivity contribution in [2.45, 2.75) is 45.1 Å². The first-order valence-corrected chi connectivity index (χ1v) is 9.02. The average molecular weight is 360 g/mol. The molecule has 142 valence electrons. The molecule has 0 atom stereocenters. The zero-order valence-electron chi connectivity index (χ0n) is 16.0. The summed E-state index contributed by atoms with van der Waals surface area (Å²) in [7, 11) is 1.69. The van der Waals surface area contributed by atoms with Gasteiger partial charge in [0, 0.05) is 33.1 Å². The average Bonchev–Trinajstić information content (AvgIpc) is 2.65. The lowest BCUT2D eigenvalue weighted by Gasteiger charge is -2.40. The molecule has 0 aliphatic carbocycles. The quantitative estimate of drug-likeness (QED) is 0.753. The summed E-state index contributed by atoms with van der Waals surface area (Å²) in [6.45, 7) is 6.08. The van der Waals surface area contributed by atoms with E-state index >= 15 is 0 Å². The van der Waals surface area contributed by atoms with Gasteiger partial charge in [0.25, 0.3) is 5.91 Å². The fraction of sp³-hybridized carbons (Fsp3) is 0.550. The van der Waals surface area contributed by atoms with Gasteiger partial charge in [0.05, 0.1) is 5.41 Å². The molecule has 0 spiro atoms. The molecule has 6 heteroatoms. The Morgan fingerprint density at radius 3 is 2.23 bits per heavy atom. The van der Waals surface area contributed by atoms with Crippen LogP contribution >= 0.6 is 0 Å². The fourth-order valence-corrected chi connectivity index (χ4v) is 3.23. The maximum atomic E-state index is 13.0. The lowest BCUT2D eigenvalue weighted by molar-refractivity contribution is -0.159. The van der Waals surface area contributed by atoms with Crippen molar-refractivity contribution in [2.24, 2.45) is 0 Å². The van der Waals surface area contributed by atoms with Crippen molar-refractivity contribution < 1.29 is 19.1 Å². The molecule has 6 nitrogen and oxygen atoms in total. The third kappa shape index (κ3) is 4.23. The van der Waals surface area contributed by atoms with Crippen molar-refractivity contribution in [3.63, 3.8) is 0 Å². The summed E-state index contributed by atoms with van der Waals surface area (Å²) in [4.78, 5) is 40.1. The largest absolute Gasteiger partial charge is 0.455 e. The van der Waals surface area contributed by atoms with Crippen molar-refractivity contribution in [1.82, 2.24) is 9.80 Å². The zero-order valence-corrected chi connectivity index (χ0v) is 16.0. The number of ether oxygens (including phenoxy) is 1. The summed E-state index contributed by atoms with van der Waals surface area (Å²) >= 11 is 0. The number of carbonyl (C=O) groups is 3. The molecule has 2 amide bonds. The van der Waals surface area contributed by atoms with Gasteiger partial charge in [-0.1, -0.05) is 30.3 Å². The van der Waals surface area contributed by atoms with E-state index in [1.165, 1.54) is 6.92 Å². The van der Waals surface area contributed by atoms with E-state index in [-0.39, 0.29) is 24.5 Å². The normalized spacial score (nSPS) is 16.3. The van der Waals surface area contributed by atoms with Gasteiger partial charge in [0.2, 0.25) is 5.91 Å². The Balaban J connectivity index is 2.16. The Morgan fingerprint density at radius 1 is 1.15 bits per heavy atom. The van der Waals surface area contributed by atoms with E-state index < -0.39 is 11.4 Å². The highest BCUT2D eigenvalue weighted by atomic mass is 16.5. The number of hydrogen-bond acceptors (Lipinski definition) is 4. The van der Waals surface area contributed by atoms with Crippen molar-refractivity contribution in [3.8, 4) is 0 Å². The van der Waals surface area contributed by atoms with Crippen LogP contribution in [0.5, 0.6) is 0 Å². The van der Waals surface area contributed by atoms with Crippen LogP contribution in [-0.2, 0) is 24.5 Å². The molecule has 26 heavy (non-hydrogen) atoms. The second kappa shape index (κ2) is 8.34. The van der Waals surface area contributed by atoms with E-state index in [1.807, 2.05) is 44.2 Å². The van der Waals surface area contributed by atoms with Gasteiger partial charge in [-0.15, -0.1) is 0 Å². The van der Waals surface area contributed by atoms with Crippen LogP contribution in [-0.4, -0.2) is 60.4 Å².